The van der Waals surface area contributed by atoms with Gasteiger partial charge in [0.2, 0.25) is 0 Å². The van der Waals surface area contributed by atoms with Crippen molar-refractivity contribution in [1.29, 1.82) is 0 Å². The summed E-state index contributed by atoms with van der Waals surface area (Å²) in [4.78, 5) is 24.6. The first-order chi connectivity index (χ1) is 15.0. The van der Waals surface area contributed by atoms with Gasteiger partial charge >= 0.3 is 6.09 Å². The predicted octanol–water partition coefficient (Wildman–Crippen LogP) is 6.23. The lowest BCUT2D eigenvalue weighted by Gasteiger charge is -2.15. The molecule has 1 amide bonds. The van der Waals surface area contributed by atoms with E-state index in [9.17, 15) is 9.59 Å². The Morgan fingerprint density at radius 2 is 1.87 bits per heavy atom. The second-order valence-corrected chi connectivity index (χ2v) is 7.55. The van der Waals surface area contributed by atoms with Crippen LogP contribution >= 0.6 is 0 Å². The lowest BCUT2D eigenvalue weighted by molar-refractivity contribution is 0.136. The highest BCUT2D eigenvalue weighted by molar-refractivity contribution is 5.85. The lowest BCUT2D eigenvalue weighted by atomic mass is 10.0. The third kappa shape index (κ3) is 5.87. The summed E-state index contributed by atoms with van der Waals surface area (Å²) in [6.45, 7) is 4.69. The fourth-order valence-corrected chi connectivity index (χ4v) is 3.37. The van der Waals surface area contributed by atoms with Gasteiger partial charge in [-0.15, -0.1) is 0 Å². The van der Waals surface area contributed by atoms with Crippen molar-refractivity contribution in [2.75, 3.05) is 19.0 Å². The molecule has 1 heterocycles. The molecule has 0 radical (unpaired) electrons. The van der Waals surface area contributed by atoms with Crippen LogP contribution in [0.2, 0.25) is 0 Å². The van der Waals surface area contributed by atoms with Crippen LogP contribution < -0.4 is 15.5 Å². The first-order valence-corrected chi connectivity index (χ1v) is 10.7. The summed E-state index contributed by atoms with van der Waals surface area (Å²) in [5.74, 6) is 1.45. The zero-order valence-corrected chi connectivity index (χ0v) is 18.3. The maximum Gasteiger partial charge on any atom is 0.411 e. The van der Waals surface area contributed by atoms with Crippen molar-refractivity contribution in [3.8, 4) is 17.1 Å². The number of hydrogen-bond acceptors (Lipinski definition) is 5. The van der Waals surface area contributed by atoms with Gasteiger partial charge in [-0.1, -0.05) is 33.1 Å². The Kier molecular flexibility index (Phi) is 7.70. The Morgan fingerprint density at radius 3 is 2.55 bits per heavy atom. The molecule has 6 nitrogen and oxygen atoms in total. The van der Waals surface area contributed by atoms with Crippen LogP contribution in [-0.2, 0) is 4.74 Å². The maximum absolute atomic E-state index is 12.5. The molecule has 1 unspecified atom stereocenters. The minimum atomic E-state index is -0.464. The number of carbonyl (C=O) groups is 1. The van der Waals surface area contributed by atoms with E-state index in [1.165, 1.54) is 6.07 Å². The van der Waals surface area contributed by atoms with E-state index < -0.39 is 6.09 Å². The third-order valence-electron chi connectivity index (χ3n) is 5.34. The molecule has 0 saturated carbocycles. The summed E-state index contributed by atoms with van der Waals surface area (Å²) in [5.41, 5.74) is 1.69. The van der Waals surface area contributed by atoms with Gasteiger partial charge in [0.05, 0.1) is 19.1 Å². The molecule has 0 aliphatic heterocycles. The Labute approximate surface area is 182 Å². The van der Waals surface area contributed by atoms with Crippen LogP contribution in [0.5, 0.6) is 5.75 Å². The number of ether oxygens (including phenoxy) is 2. The van der Waals surface area contributed by atoms with Crippen molar-refractivity contribution < 1.29 is 18.7 Å². The Hall–Kier alpha value is -3.28. The Balaban J connectivity index is 1.66. The molecule has 164 valence electrons. The maximum atomic E-state index is 12.5. The summed E-state index contributed by atoms with van der Waals surface area (Å²) >= 11 is 0. The van der Waals surface area contributed by atoms with E-state index in [0.717, 1.165) is 31.2 Å². The van der Waals surface area contributed by atoms with Crippen LogP contribution in [0.25, 0.3) is 22.3 Å². The quantitative estimate of drug-likeness (QED) is 0.441. The van der Waals surface area contributed by atoms with Crippen LogP contribution in [0.3, 0.4) is 0 Å². The monoisotopic (exact) mass is 423 g/mol. The second-order valence-electron chi connectivity index (χ2n) is 7.55. The molecule has 1 N–H and O–H groups in total. The summed E-state index contributed by atoms with van der Waals surface area (Å²) in [6, 6.07) is 13.7. The number of unbranched alkanes of at least 4 members (excludes halogenated alkanes) is 1. The number of fused-ring (bicyclic) bond motifs is 1. The van der Waals surface area contributed by atoms with Gasteiger partial charge in [-0.25, -0.2) is 4.79 Å². The smallest absolute Gasteiger partial charge is 0.411 e. The molecular formula is C25H29NO5. The minimum Gasteiger partial charge on any atom is -0.497 e. The minimum absolute atomic E-state index is 0.144. The van der Waals surface area contributed by atoms with E-state index in [0.29, 0.717) is 40.7 Å². The average Bonchev–Trinajstić information content (AvgIpc) is 2.79. The van der Waals surface area contributed by atoms with Crippen molar-refractivity contribution in [1.82, 2.24) is 0 Å². The second kappa shape index (κ2) is 10.7. The van der Waals surface area contributed by atoms with E-state index in [-0.39, 0.29) is 5.43 Å². The molecule has 0 spiro atoms. The van der Waals surface area contributed by atoms with Gasteiger partial charge < -0.3 is 13.9 Å². The first kappa shape index (κ1) is 22.4. The highest BCUT2D eigenvalue weighted by Crippen LogP contribution is 2.25. The fraction of sp³-hybridized carbons (Fsp3) is 0.360. The van der Waals surface area contributed by atoms with Gasteiger partial charge in [-0.3, -0.25) is 10.1 Å². The highest BCUT2D eigenvalue weighted by atomic mass is 16.5. The average molecular weight is 424 g/mol. The molecular weight excluding hydrogens is 394 g/mol. The lowest BCUT2D eigenvalue weighted by Crippen LogP contribution is -2.18. The molecule has 2 aromatic carbocycles. The number of anilines is 1. The zero-order valence-electron chi connectivity index (χ0n) is 18.3. The molecule has 0 fully saturated rings. The van der Waals surface area contributed by atoms with Gasteiger partial charge in [0, 0.05) is 17.3 Å². The van der Waals surface area contributed by atoms with Crippen molar-refractivity contribution in [2.24, 2.45) is 5.92 Å². The van der Waals surface area contributed by atoms with Crippen LogP contribution in [0.15, 0.2) is 57.7 Å². The Bertz CT molecular complexity index is 1070. The molecule has 1 atom stereocenters. The van der Waals surface area contributed by atoms with E-state index in [2.05, 4.69) is 19.2 Å². The number of nitrogens with one attached hydrogen (secondary N) is 1. The molecule has 3 aromatic rings. The molecule has 0 aliphatic carbocycles. The van der Waals surface area contributed by atoms with Crippen LogP contribution in [0, 0.1) is 5.92 Å². The van der Waals surface area contributed by atoms with E-state index in [4.69, 9.17) is 13.9 Å². The summed E-state index contributed by atoms with van der Waals surface area (Å²) in [6.07, 6.45) is 3.88. The highest BCUT2D eigenvalue weighted by Gasteiger charge is 2.11. The molecule has 1 aromatic heterocycles. The predicted molar refractivity (Wildman–Crippen MR) is 123 cm³/mol. The van der Waals surface area contributed by atoms with E-state index in [1.807, 2.05) is 0 Å². The van der Waals surface area contributed by atoms with E-state index in [1.54, 1.807) is 49.6 Å². The van der Waals surface area contributed by atoms with Crippen LogP contribution in [0.1, 0.15) is 39.5 Å². The van der Waals surface area contributed by atoms with Gasteiger partial charge in [-0.2, -0.15) is 0 Å². The standard InChI is InChI=1S/C25H29NO5/c1-4-6-7-17(5-2)16-30-25(28)26-19-10-8-18(9-11-19)24-15-22(27)21-14-20(29-3)12-13-23(21)31-24/h8-15,17H,4-7,16H2,1-3H3,(H,26,28). The molecule has 6 heteroatoms. The fourth-order valence-electron chi connectivity index (χ4n) is 3.37. The van der Waals surface area contributed by atoms with Crippen molar-refractivity contribution >= 4 is 22.7 Å². The third-order valence-corrected chi connectivity index (χ3v) is 5.34. The van der Waals surface area contributed by atoms with Gasteiger partial charge in [-0.05, 0) is 54.8 Å². The first-order valence-electron chi connectivity index (χ1n) is 10.7. The number of methoxy groups -OCH3 is 1. The summed E-state index contributed by atoms with van der Waals surface area (Å²) in [5, 5.41) is 3.21. The van der Waals surface area contributed by atoms with Gasteiger partial charge in [0.15, 0.2) is 5.43 Å². The van der Waals surface area contributed by atoms with Crippen LogP contribution in [0.4, 0.5) is 10.5 Å². The Morgan fingerprint density at radius 1 is 1.10 bits per heavy atom. The number of amides is 1. The zero-order chi connectivity index (χ0) is 22.2. The summed E-state index contributed by atoms with van der Waals surface area (Å²) in [7, 11) is 1.55. The number of carbonyl (C=O) groups excluding carboxylic acids is 1. The topological polar surface area (TPSA) is 77.8 Å². The van der Waals surface area contributed by atoms with Gasteiger partial charge in [0.25, 0.3) is 0 Å². The molecule has 0 bridgehead atoms. The molecule has 0 aliphatic rings. The molecule has 0 saturated heterocycles. The number of rotatable bonds is 9. The largest absolute Gasteiger partial charge is 0.497 e. The number of benzene rings is 2. The van der Waals surface area contributed by atoms with Crippen molar-refractivity contribution in [2.45, 2.75) is 39.5 Å². The van der Waals surface area contributed by atoms with Crippen LogP contribution in [-0.4, -0.2) is 19.8 Å². The molecule has 3 rings (SSSR count). The van der Waals surface area contributed by atoms with E-state index >= 15 is 0 Å². The summed E-state index contributed by atoms with van der Waals surface area (Å²) < 4.78 is 16.4. The van der Waals surface area contributed by atoms with Crippen molar-refractivity contribution in [3.63, 3.8) is 0 Å². The molecule has 31 heavy (non-hydrogen) atoms. The number of hydrogen-bond donors (Lipinski definition) is 1. The van der Waals surface area contributed by atoms with Crippen molar-refractivity contribution in [3.05, 3.63) is 58.8 Å². The SMILES string of the molecule is CCCCC(CC)COC(=O)Nc1ccc(-c2cc(=O)c3cc(OC)ccc3o2)cc1. The normalized spacial score (nSPS) is 11.8. The van der Waals surface area contributed by atoms with Gasteiger partial charge in [0.1, 0.15) is 17.1 Å².